The summed E-state index contributed by atoms with van der Waals surface area (Å²) in [5, 5.41) is 2.67. The highest BCUT2D eigenvalue weighted by molar-refractivity contribution is 5.67. The van der Waals surface area contributed by atoms with Crippen molar-refractivity contribution in [1.82, 2.24) is 5.32 Å². The van der Waals surface area contributed by atoms with Crippen LogP contribution >= 0.6 is 0 Å². The Kier molecular flexibility index (Phi) is 5.07. The van der Waals surface area contributed by atoms with Crippen molar-refractivity contribution in [3.05, 3.63) is 0 Å². The zero-order chi connectivity index (χ0) is 11.2. The number of rotatable bonds is 3. The Bertz CT molecular complexity index is 222. The number of hydrogen-bond donors (Lipinski definition) is 1. The van der Waals surface area contributed by atoms with Crippen LogP contribution in [0.5, 0.6) is 0 Å². The van der Waals surface area contributed by atoms with Gasteiger partial charge in [0.05, 0.1) is 0 Å². The smallest absolute Gasteiger partial charge is 0.407 e. The van der Waals surface area contributed by atoms with E-state index in [1.54, 1.807) is 0 Å². The monoisotopic (exact) mass is 197 g/mol. The fourth-order valence-corrected chi connectivity index (χ4v) is 0.845. The maximum atomic E-state index is 11.2. The molecule has 0 rings (SSSR count). The van der Waals surface area contributed by atoms with Crippen LogP contribution in [0.15, 0.2) is 0 Å². The predicted octanol–water partition coefficient (Wildman–Crippen LogP) is 2.17. The fraction of sp³-hybridized carbons (Fsp3) is 0.727. The SMILES string of the molecule is C#CCC(C)CNC(=O)OC(C)(C)C. The number of carbonyl (C=O) groups excluding carboxylic acids is 1. The Morgan fingerprint density at radius 1 is 1.57 bits per heavy atom. The van der Waals surface area contributed by atoms with Crippen molar-refractivity contribution >= 4 is 6.09 Å². The number of amides is 1. The lowest BCUT2D eigenvalue weighted by Gasteiger charge is -2.20. The van der Waals surface area contributed by atoms with Gasteiger partial charge in [0.1, 0.15) is 5.60 Å². The average molecular weight is 197 g/mol. The van der Waals surface area contributed by atoms with E-state index in [1.807, 2.05) is 27.7 Å². The summed E-state index contributed by atoms with van der Waals surface area (Å²) in [6.07, 6.45) is 5.42. The summed E-state index contributed by atoms with van der Waals surface area (Å²) < 4.78 is 5.06. The van der Waals surface area contributed by atoms with Crippen LogP contribution in [0, 0.1) is 18.3 Å². The highest BCUT2D eigenvalue weighted by Gasteiger charge is 2.15. The minimum absolute atomic E-state index is 0.285. The molecule has 1 amide bonds. The second-order valence-electron chi connectivity index (χ2n) is 4.40. The van der Waals surface area contributed by atoms with Crippen molar-refractivity contribution in [2.75, 3.05) is 6.54 Å². The molecule has 0 heterocycles. The maximum absolute atomic E-state index is 11.2. The van der Waals surface area contributed by atoms with Gasteiger partial charge in [-0.15, -0.1) is 12.3 Å². The normalized spacial score (nSPS) is 12.8. The van der Waals surface area contributed by atoms with Gasteiger partial charge >= 0.3 is 6.09 Å². The number of hydrogen-bond acceptors (Lipinski definition) is 2. The van der Waals surface area contributed by atoms with Crippen LogP contribution in [0.4, 0.5) is 4.79 Å². The minimum atomic E-state index is -0.445. The topological polar surface area (TPSA) is 38.3 Å². The summed E-state index contributed by atoms with van der Waals surface area (Å²) in [5.74, 6) is 2.83. The summed E-state index contributed by atoms with van der Waals surface area (Å²) in [6.45, 7) is 8.03. The highest BCUT2D eigenvalue weighted by atomic mass is 16.6. The standard InChI is InChI=1S/C11H19NO2/c1-6-7-9(2)8-12-10(13)14-11(3,4)5/h1,9H,7-8H2,2-5H3,(H,12,13). The predicted molar refractivity (Wildman–Crippen MR) is 56.9 cm³/mol. The third kappa shape index (κ3) is 7.48. The average Bonchev–Trinajstić information content (AvgIpc) is 1.98. The Hall–Kier alpha value is -1.17. The molecule has 1 atom stereocenters. The van der Waals surface area contributed by atoms with Gasteiger partial charge in [0, 0.05) is 13.0 Å². The molecule has 1 unspecified atom stereocenters. The van der Waals surface area contributed by atoms with E-state index in [1.165, 1.54) is 0 Å². The number of nitrogens with one attached hydrogen (secondary N) is 1. The van der Waals surface area contributed by atoms with Gasteiger partial charge in [-0.05, 0) is 26.7 Å². The fourth-order valence-electron chi connectivity index (χ4n) is 0.845. The van der Waals surface area contributed by atoms with Crippen LogP contribution in [0.2, 0.25) is 0 Å². The molecule has 0 fully saturated rings. The molecule has 0 bridgehead atoms. The van der Waals surface area contributed by atoms with Crippen LogP contribution in [0.3, 0.4) is 0 Å². The third-order valence-electron chi connectivity index (χ3n) is 1.46. The first kappa shape index (κ1) is 12.8. The molecule has 80 valence electrons. The van der Waals surface area contributed by atoms with Crippen LogP contribution in [0.1, 0.15) is 34.1 Å². The van der Waals surface area contributed by atoms with Gasteiger partial charge < -0.3 is 10.1 Å². The summed E-state index contributed by atoms with van der Waals surface area (Å²) >= 11 is 0. The van der Waals surface area contributed by atoms with Crippen molar-refractivity contribution in [2.24, 2.45) is 5.92 Å². The molecule has 0 radical (unpaired) electrons. The molecule has 3 heteroatoms. The molecule has 0 aromatic rings. The van der Waals surface area contributed by atoms with Crippen molar-refractivity contribution in [2.45, 2.75) is 39.7 Å². The number of ether oxygens (including phenoxy) is 1. The van der Waals surface area contributed by atoms with Crippen molar-refractivity contribution in [3.8, 4) is 12.3 Å². The summed E-state index contributed by atoms with van der Waals surface area (Å²) in [5.41, 5.74) is -0.445. The molecule has 3 nitrogen and oxygen atoms in total. The molecular weight excluding hydrogens is 178 g/mol. The Labute approximate surface area is 86.2 Å². The van der Waals surface area contributed by atoms with Gasteiger partial charge in [-0.2, -0.15) is 0 Å². The van der Waals surface area contributed by atoms with Crippen molar-refractivity contribution < 1.29 is 9.53 Å². The van der Waals surface area contributed by atoms with Crippen molar-refractivity contribution in [3.63, 3.8) is 0 Å². The second kappa shape index (κ2) is 5.54. The van der Waals surface area contributed by atoms with Gasteiger partial charge in [0.2, 0.25) is 0 Å². The molecule has 0 aliphatic carbocycles. The molecular formula is C11H19NO2. The zero-order valence-electron chi connectivity index (χ0n) is 9.39. The summed E-state index contributed by atoms with van der Waals surface area (Å²) in [7, 11) is 0. The van der Waals surface area contributed by atoms with E-state index >= 15 is 0 Å². The molecule has 0 saturated carbocycles. The molecule has 0 aromatic heterocycles. The van der Waals surface area contributed by atoms with Gasteiger partial charge in [-0.25, -0.2) is 4.79 Å². The highest BCUT2D eigenvalue weighted by Crippen LogP contribution is 2.06. The molecule has 14 heavy (non-hydrogen) atoms. The van der Waals surface area contributed by atoms with E-state index in [9.17, 15) is 4.79 Å². The first-order chi connectivity index (χ1) is 6.35. The zero-order valence-corrected chi connectivity index (χ0v) is 9.39. The molecule has 0 saturated heterocycles. The Morgan fingerprint density at radius 3 is 2.57 bits per heavy atom. The van der Waals surface area contributed by atoms with E-state index < -0.39 is 5.60 Å². The van der Waals surface area contributed by atoms with E-state index in [0.29, 0.717) is 13.0 Å². The second-order valence-corrected chi connectivity index (χ2v) is 4.40. The quantitative estimate of drug-likeness (QED) is 0.704. The van der Waals surface area contributed by atoms with Crippen LogP contribution in [-0.2, 0) is 4.74 Å². The maximum Gasteiger partial charge on any atom is 0.407 e. The molecule has 0 spiro atoms. The lowest BCUT2D eigenvalue weighted by atomic mass is 10.1. The molecule has 0 aliphatic heterocycles. The van der Waals surface area contributed by atoms with E-state index in [-0.39, 0.29) is 12.0 Å². The first-order valence-electron chi connectivity index (χ1n) is 4.75. The minimum Gasteiger partial charge on any atom is -0.444 e. The van der Waals surface area contributed by atoms with Crippen LogP contribution in [-0.4, -0.2) is 18.2 Å². The Morgan fingerprint density at radius 2 is 2.14 bits per heavy atom. The first-order valence-corrected chi connectivity index (χ1v) is 4.75. The van der Waals surface area contributed by atoms with E-state index in [4.69, 9.17) is 11.2 Å². The number of carbonyl (C=O) groups is 1. The van der Waals surface area contributed by atoms with Crippen LogP contribution in [0.25, 0.3) is 0 Å². The van der Waals surface area contributed by atoms with Gasteiger partial charge in [-0.3, -0.25) is 0 Å². The van der Waals surface area contributed by atoms with Crippen molar-refractivity contribution in [1.29, 1.82) is 0 Å². The number of alkyl carbamates (subject to hydrolysis) is 1. The van der Waals surface area contributed by atoms with Gasteiger partial charge in [0.15, 0.2) is 0 Å². The van der Waals surface area contributed by atoms with Gasteiger partial charge in [-0.1, -0.05) is 6.92 Å². The molecule has 0 aromatic carbocycles. The molecule has 0 aliphatic rings. The van der Waals surface area contributed by atoms with Gasteiger partial charge in [0.25, 0.3) is 0 Å². The van der Waals surface area contributed by atoms with Crippen LogP contribution < -0.4 is 5.32 Å². The van der Waals surface area contributed by atoms with E-state index in [2.05, 4.69) is 11.2 Å². The third-order valence-corrected chi connectivity index (χ3v) is 1.46. The largest absolute Gasteiger partial charge is 0.444 e. The van der Waals surface area contributed by atoms with E-state index in [0.717, 1.165) is 0 Å². The summed E-state index contributed by atoms with van der Waals surface area (Å²) in [6, 6.07) is 0. The molecule has 1 N–H and O–H groups in total. The lowest BCUT2D eigenvalue weighted by molar-refractivity contribution is 0.0521. The Balaban J connectivity index is 3.71. The number of terminal acetylenes is 1. The summed E-state index contributed by atoms with van der Waals surface area (Å²) in [4.78, 5) is 11.2. The lowest BCUT2D eigenvalue weighted by Crippen LogP contribution is -2.34.